The molecule has 0 saturated carbocycles. The van der Waals surface area contributed by atoms with Crippen molar-refractivity contribution in [2.24, 2.45) is 5.92 Å². The van der Waals surface area contributed by atoms with Gasteiger partial charge in [0.2, 0.25) is 0 Å². The average Bonchev–Trinajstić information content (AvgIpc) is 2.95. The van der Waals surface area contributed by atoms with Gasteiger partial charge in [-0.05, 0) is 45.1 Å². The fraction of sp³-hybridized carbons (Fsp3) is 0.609. The zero-order valence-corrected chi connectivity index (χ0v) is 19.0. The summed E-state index contributed by atoms with van der Waals surface area (Å²) in [6, 6.07) is 8.19. The minimum absolute atomic E-state index is 0.0328. The third kappa shape index (κ3) is 4.89. The molecule has 3 unspecified atom stereocenters. The van der Waals surface area contributed by atoms with Crippen LogP contribution in [0.1, 0.15) is 46.4 Å². The third-order valence-electron chi connectivity index (χ3n) is 5.56. The van der Waals surface area contributed by atoms with E-state index in [1.165, 1.54) is 5.56 Å². The number of benzene rings is 1. The van der Waals surface area contributed by atoms with Crippen molar-refractivity contribution in [1.82, 2.24) is 4.57 Å². The lowest BCUT2D eigenvalue weighted by atomic mass is 10.1. The molecule has 1 saturated heterocycles. The topological polar surface area (TPSA) is 52.9 Å². The molecule has 0 amide bonds. The molecule has 1 aromatic heterocycles. The molecule has 1 aromatic carbocycles. The summed E-state index contributed by atoms with van der Waals surface area (Å²) in [6.45, 7) is 12.6. The van der Waals surface area contributed by atoms with E-state index in [1.54, 1.807) is 0 Å². The summed E-state index contributed by atoms with van der Waals surface area (Å²) in [4.78, 5) is 0. The second kappa shape index (κ2) is 9.23. The van der Waals surface area contributed by atoms with Gasteiger partial charge in [0.05, 0.1) is 18.8 Å². The number of rotatable bonds is 7. The van der Waals surface area contributed by atoms with Crippen molar-refractivity contribution in [1.29, 1.82) is 0 Å². The molecule has 5 atom stereocenters. The van der Waals surface area contributed by atoms with Crippen LogP contribution < -0.4 is 0 Å². The lowest BCUT2D eigenvalue weighted by Gasteiger charge is -2.25. The zero-order chi connectivity index (χ0) is 21.3. The first-order valence-electron chi connectivity index (χ1n) is 10.4. The average molecular weight is 420 g/mol. The zero-order valence-electron chi connectivity index (χ0n) is 18.2. The minimum atomic E-state index is -0.838. The Balaban J connectivity index is 1.89. The Labute approximate surface area is 178 Å². The molecule has 2 heterocycles. The highest BCUT2D eigenvalue weighted by Crippen LogP contribution is 2.34. The summed E-state index contributed by atoms with van der Waals surface area (Å²) in [7, 11) is 0. The highest BCUT2D eigenvalue weighted by atomic mass is 32.1. The monoisotopic (exact) mass is 419 g/mol. The van der Waals surface area contributed by atoms with Crippen LogP contribution in [0.25, 0.3) is 10.8 Å². The molecule has 1 fully saturated rings. The van der Waals surface area contributed by atoms with E-state index in [2.05, 4.69) is 26.8 Å². The van der Waals surface area contributed by atoms with Crippen molar-refractivity contribution in [2.75, 3.05) is 6.61 Å². The normalized spacial score (nSPS) is 26.0. The van der Waals surface area contributed by atoms with Gasteiger partial charge >= 0.3 is 0 Å². The maximum absolute atomic E-state index is 11.1. The molecule has 6 heteroatoms. The lowest BCUT2D eigenvalue weighted by Crippen LogP contribution is -2.39. The van der Waals surface area contributed by atoms with Crippen LogP contribution in [0.4, 0.5) is 0 Å². The van der Waals surface area contributed by atoms with Gasteiger partial charge in [0.1, 0.15) is 23.0 Å². The van der Waals surface area contributed by atoms with Gasteiger partial charge < -0.3 is 23.9 Å². The molecule has 160 valence electrons. The van der Waals surface area contributed by atoms with Crippen molar-refractivity contribution >= 4 is 23.0 Å². The number of aromatic nitrogens is 1. The van der Waals surface area contributed by atoms with Crippen molar-refractivity contribution in [3.8, 4) is 0 Å². The molecule has 1 aliphatic heterocycles. The molecule has 3 rings (SSSR count). The number of pyridine rings is 1. The van der Waals surface area contributed by atoms with Gasteiger partial charge in [0.25, 0.3) is 0 Å². The molecule has 5 nitrogen and oxygen atoms in total. The summed E-state index contributed by atoms with van der Waals surface area (Å²) in [6.07, 6.45) is -0.334. The van der Waals surface area contributed by atoms with E-state index in [0.29, 0.717) is 17.2 Å². The second-order valence-corrected chi connectivity index (χ2v) is 8.99. The van der Waals surface area contributed by atoms with Crippen molar-refractivity contribution in [2.45, 2.75) is 78.3 Å². The summed E-state index contributed by atoms with van der Waals surface area (Å²) in [5, 5.41) is 13.1. The van der Waals surface area contributed by atoms with E-state index in [9.17, 15) is 5.11 Å². The predicted molar refractivity (Wildman–Crippen MR) is 118 cm³/mol. The van der Waals surface area contributed by atoms with Crippen LogP contribution in [0.15, 0.2) is 30.5 Å². The lowest BCUT2D eigenvalue weighted by molar-refractivity contribution is -0.104. The number of hydrogen-bond donors (Lipinski definition) is 1. The molecular weight excluding hydrogens is 386 g/mol. The fourth-order valence-electron chi connectivity index (χ4n) is 3.59. The van der Waals surface area contributed by atoms with Crippen molar-refractivity contribution in [3.05, 3.63) is 40.7 Å². The maximum atomic E-state index is 11.1. The predicted octanol–water partition coefficient (Wildman–Crippen LogP) is 4.79. The molecule has 0 radical (unpaired) electrons. The Morgan fingerprint density at radius 3 is 2.55 bits per heavy atom. The maximum Gasteiger partial charge on any atom is 0.163 e. The molecular formula is C23H33NO4S. The van der Waals surface area contributed by atoms with Gasteiger partial charge in [-0.2, -0.15) is 0 Å². The van der Waals surface area contributed by atoms with Gasteiger partial charge in [-0.1, -0.05) is 49.8 Å². The van der Waals surface area contributed by atoms with Crippen molar-refractivity contribution in [3.63, 3.8) is 0 Å². The second-order valence-electron chi connectivity index (χ2n) is 8.61. The number of aryl methyl sites for hydroxylation is 1. The van der Waals surface area contributed by atoms with Crippen LogP contribution in [0.3, 0.4) is 0 Å². The smallest absolute Gasteiger partial charge is 0.163 e. The standard InChI is InChI=1S/C23H33NO4S/c1-13(2)16(6)26-12-19-21(27-14(3)4)20(25)22(28-19)24-10-9-17-11-15(5)7-8-18(17)23(24)29/h7-11,13-14,16,19-22,25H,12H2,1-6H3/t16?,19-,20?,21?,22-/m1/s1. The van der Waals surface area contributed by atoms with Gasteiger partial charge in [0.15, 0.2) is 6.23 Å². The number of nitrogens with zero attached hydrogens (tertiary/aromatic N) is 1. The first-order valence-corrected chi connectivity index (χ1v) is 10.8. The SMILES string of the molecule is Cc1ccc2c(=S)n([C@@H]3O[C@H](COC(C)C(C)C)C(OC(C)C)C3O)ccc2c1. The van der Waals surface area contributed by atoms with E-state index in [-0.39, 0.29) is 18.3 Å². The van der Waals surface area contributed by atoms with Crippen LogP contribution >= 0.6 is 12.2 Å². The highest BCUT2D eigenvalue weighted by Gasteiger charge is 2.46. The largest absolute Gasteiger partial charge is 0.386 e. The van der Waals surface area contributed by atoms with Gasteiger partial charge in [0, 0.05) is 11.6 Å². The Morgan fingerprint density at radius 2 is 1.90 bits per heavy atom. The van der Waals surface area contributed by atoms with Crippen LogP contribution in [-0.4, -0.2) is 46.8 Å². The van der Waals surface area contributed by atoms with Crippen molar-refractivity contribution < 1.29 is 19.3 Å². The van der Waals surface area contributed by atoms with E-state index in [1.807, 2.05) is 49.7 Å². The van der Waals surface area contributed by atoms with E-state index >= 15 is 0 Å². The molecule has 0 bridgehead atoms. The Bertz CT molecular complexity index is 894. The van der Waals surface area contributed by atoms with Crippen LogP contribution in [0.2, 0.25) is 0 Å². The summed E-state index contributed by atoms with van der Waals surface area (Å²) in [5.41, 5.74) is 1.18. The minimum Gasteiger partial charge on any atom is -0.386 e. The molecule has 2 aromatic rings. The number of hydrogen-bond acceptors (Lipinski definition) is 5. The van der Waals surface area contributed by atoms with Crippen LogP contribution in [0.5, 0.6) is 0 Å². The molecule has 0 aliphatic carbocycles. The van der Waals surface area contributed by atoms with E-state index in [0.717, 1.165) is 10.8 Å². The Morgan fingerprint density at radius 1 is 1.17 bits per heavy atom. The highest BCUT2D eigenvalue weighted by molar-refractivity contribution is 7.71. The summed E-state index contributed by atoms with van der Waals surface area (Å²) < 4.78 is 20.7. The number of aliphatic hydroxyl groups excluding tert-OH is 1. The third-order valence-corrected chi connectivity index (χ3v) is 5.99. The molecule has 0 spiro atoms. The van der Waals surface area contributed by atoms with E-state index in [4.69, 9.17) is 26.4 Å². The number of aliphatic hydroxyl groups is 1. The van der Waals surface area contributed by atoms with E-state index < -0.39 is 18.4 Å². The Kier molecular flexibility index (Phi) is 7.12. The molecule has 1 aliphatic rings. The quantitative estimate of drug-likeness (QED) is 0.654. The fourth-order valence-corrected chi connectivity index (χ4v) is 3.94. The molecule has 1 N–H and O–H groups in total. The van der Waals surface area contributed by atoms with Crippen LogP contribution in [-0.2, 0) is 14.2 Å². The van der Waals surface area contributed by atoms with Crippen LogP contribution in [0, 0.1) is 17.5 Å². The Hall–Kier alpha value is -1.31. The van der Waals surface area contributed by atoms with Gasteiger partial charge in [-0.15, -0.1) is 0 Å². The first-order chi connectivity index (χ1) is 13.7. The van der Waals surface area contributed by atoms with Gasteiger partial charge in [-0.3, -0.25) is 0 Å². The first kappa shape index (κ1) is 22.4. The van der Waals surface area contributed by atoms with Gasteiger partial charge in [-0.25, -0.2) is 0 Å². The summed E-state index contributed by atoms with van der Waals surface area (Å²) >= 11 is 5.73. The molecule has 29 heavy (non-hydrogen) atoms. The number of fused-ring (bicyclic) bond motifs is 1. The number of ether oxygens (including phenoxy) is 3. The summed E-state index contributed by atoms with van der Waals surface area (Å²) in [5.74, 6) is 0.402.